The van der Waals surface area contributed by atoms with Crippen molar-refractivity contribution in [2.75, 3.05) is 16.8 Å². The van der Waals surface area contributed by atoms with Crippen molar-refractivity contribution in [1.82, 2.24) is 4.98 Å². The fourth-order valence-corrected chi connectivity index (χ4v) is 2.54. The van der Waals surface area contributed by atoms with Gasteiger partial charge in [-0.05, 0) is 36.8 Å². The molecule has 2 aromatic rings. The number of hydrogen-bond acceptors (Lipinski definition) is 6. The second-order valence-corrected chi connectivity index (χ2v) is 5.25. The van der Waals surface area contributed by atoms with Crippen LogP contribution in [0.15, 0.2) is 36.4 Å². The molecule has 3 rings (SSSR count). The highest BCUT2D eigenvalue weighted by Gasteiger charge is 2.21. The van der Waals surface area contributed by atoms with Crippen molar-refractivity contribution in [2.24, 2.45) is 0 Å². The minimum atomic E-state index is -0.642. The summed E-state index contributed by atoms with van der Waals surface area (Å²) in [6.45, 7) is 0.723. The molecular weight excluding hydrogens is 310 g/mol. The zero-order chi connectivity index (χ0) is 17.1. The third kappa shape index (κ3) is 3.01. The van der Waals surface area contributed by atoms with Crippen molar-refractivity contribution in [3.05, 3.63) is 52.2 Å². The standard InChI is InChI=1S/C16H13N5O3/c17-10-13-14(21(23)24)7-8-15(19-13)18-11-3-5-12(6-4-11)20-9-1-2-16(20)22/h3-8H,1-2,9H2,(H,18,19). The lowest BCUT2D eigenvalue weighted by molar-refractivity contribution is -0.385. The summed E-state index contributed by atoms with van der Waals surface area (Å²) in [5.41, 5.74) is 0.961. The van der Waals surface area contributed by atoms with E-state index >= 15 is 0 Å². The highest BCUT2D eigenvalue weighted by molar-refractivity contribution is 5.95. The van der Waals surface area contributed by atoms with Gasteiger partial charge in [-0.1, -0.05) is 0 Å². The average molecular weight is 323 g/mol. The molecule has 24 heavy (non-hydrogen) atoms. The summed E-state index contributed by atoms with van der Waals surface area (Å²) in [6, 6.07) is 11.6. The quantitative estimate of drug-likeness (QED) is 0.684. The number of benzene rings is 1. The predicted molar refractivity (Wildman–Crippen MR) is 86.9 cm³/mol. The van der Waals surface area contributed by atoms with Gasteiger partial charge in [-0.2, -0.15) is 5.26 Å². The summed E-state index contributed by atoms with van der Waals surface area (Å²) in [5, 5.41) is 22.7. The molecule has 0 saturated carbocycles. The average Bonchev–Trinajstić information content (AvgIpc) is 3.01. The summed E-state index contributed by atoms with van der Waals surface area (Å²) < 4.78 is 0. The lowest BCUT2D eigenvalue weighted by Crippen LogP contribution is -2.23. The zero-order valence-electron chi connectivity index (χ0n) is 12.6. The number of aromatic nitrogens is 1. The van der Waals surface area contributed by atoms with Crippen LogP contribution in [0.5, 0.6) is 0 Å². The SMILES string of the molecule is N#Cc1nc(Nc2ccc(N3CCCC3=O)cc2)ccc1[N+](=O)[O-]. The number of carbonyl (C=O) groups excluding carboxylic acids is 1. The summed E-state index contributed by atoms with van der Waals surface area (Å²) in [4.78, 5) is 27.6. The molecule has 8 heteroatoms. The Morgan fingerprint density at radius 2 is 2.00 bits per heavy atom. The Balaban J connectivity index is 1.78. The molecule has 0 aliphatic carbocycles. The number of nitro groups is 1. The molecule has 1 saturated heterocycles. The molecule has 1 aromatic carbocycles. The third-order valence-electron chi connectivity index (χ3n) is 3.70. The van der Waals surface area contributed by atoms with E-state index in [-0.39, 0.29) is 17.3 Å². The summed E-state index contributed by atoms with van der Waals surface area (Å²) in [6.07, 6.45) is 1.44. The Morgan fingerprint density at radius 3 is 2.58 bits per heavy atom. The van der Waals surface area contributed by atoms with Gasteiger partial charge in [-0.3, -0.25) is 14.9 Å². The molecule has 0 spiro atoms. The molecular formula is C16H13N5O3. The van der Waals surface area contributed by atoms with Gasteiger partial charge in [0, 0.05) is 30.4 Å². The molecule has 120 valence electrons. The van der Waals surface area contributed by atoms with Crippen LogP contribution in [0.3, 0.4) is 0 Å². The molecule has 1 aromatic heterocycles. The van der Waals surface area contributed by atoms with Crippen LogP contribution in [0, 0.1) is 21.4 Å². The van der Waals surface area contributed by atoms with Crippen molar-refractivity contribution in [3.8, 4) is 6.07 Å². The maximum absolute atomic E-state index is 11.7. The van der Waals surface area contributed by atoms with Gasteiger partial charge < -0.3 is 10.2 Å². The first-order valence-corrected chi connectivity index (χ1v) is 7.31. The predicted octanol–water partition coefficient (Wildman–Crippen LogP) is 2.73. The fraction of sp³-hybridized carbons (Fsp3) is 0.188. The number of nitrogens with zero attached hydrogens (tertiary/aromatic N) is 4. The normalized spacial score (nSPS) is 13.6. The lowest BCUT2D eigenvalue weighted by atomic mass is 10.2. The van der Waals surface area contributed by atoms with Crippen molar-refractivity contribution < 1.29 is 9.72 Å². The molecule has 0 atom stereocenters. The van der Waals surface area contributed by atoms with Crippen LogP contribution < -0.4 is 10.2 Å². The molecule has 0 bridgehead atoms. The fourth-order valence-electron chi connectivity index (χ4n) is 2.54. The van der Waals surface area contributed by atoms with E-state index in [1.54, 1.807) is 23.1 Å². The molecule has 8 nitrogen and oxygen atoms in total. The van der Waals surface area contributed by atoms with Gasteiger partial charge in [-0.15, -0.1) is 0 Å². The van der Waals surface area contributed by atoms with Gasteiger partial charge >= 0.3 is 5.69 Å². The molecule has 0 unspecified atom stereocenters. The molecule has 1 aliphatic heterocycles. The Bertz CT molecular complexity index is 842. The summed E-state index contributed by atoms with van der Waals surface area (Å²) in [5.74, 6) is 0.452. The smallest absolute Gasteiger partial charge is 0.305 e. The largest absolute Gasteiger partial charge is 0.340 e. The molecule has 1 fully saturated rings. The molecule has 2 heterocycles. The molecule has 1 N–H and O–H groups in total. The number of nitriles is 1. The van der Waals surface area contributed by atoms with Crippen LogP contribution in [0.1, 0.15) is 18.5 Å². The highest BCUT2D eigenvalue weighted by Crippen LogP contribution is 2.25. The number of hydrogen-bond donors (Lipinski definition) is 1. The van der Waals surface area contributed by atoms with Gasteiger partial charge in [0.2, 0.25) is 11.6 Å². The van der Waals surface area contributed by atoms with Gasteiger partial charge in [0.15, 0.2) is 0 Å². The van der Waals surface area contributed by atoms with Crippen LogP contribution in [-0.4, -0.2) is 22.4 Å². The Labute approximate surface area is 137 Å². The minimum absolute atomic E-state index is 0.117. The Morgan fingerprint density at radius 1 is 1.25 bits per heavy atom. The summed E-state index contributed by atoms with van der Waals surface area (Å²) >= 11 is 0. The van der Waals surface area contributed by atoms with Crippen LogP contribution >= 0.6 is 0 Å². The van der Waals surface area contributed by atoms with E-state index < -0.39 is 4.92 Å². The van der Waals surface area contributed by atoms with Crippen LogP contribution in [0.25, 0.3) is 0 Å². The van der Waals surface area contributed by atoms with E-state index in [9.17, 15) is 14.9 Å². The maximum Gasteiger partial charge on any atom is 0.305 e. The van der Waals surface area contributed by atoms with Crippen LogP contribution in [0.2, 0.25) is 0 Å². The second-order valence-electron chi connectivity index (χ2n) is 5.25. The van der Waals surface area contributed by atoms with Crippen LogP contribution in [0.4, 0.5) is 22.9 Å². The number of pyridine rings is 1. The zero-order valence-corrected chi connectivity index (χ0v) is 12.6. The number of amides is 1. The van der Waals surface area contributed by atoms with Crippen molar-refractivity contribution in [1.29, 1.82) is 5.26 Å². The van der Waals surface area contributed by atoms with E-state index in [1.165, 1.54) is 12.1 Å². The van der Waals surface area contributed by atoms with Crippen molar-refractivity contribution in [2.45, 2.75) is 12.8 Å². The molecule has 0 radical (unpaired) electrons. The van der Waals surface area contributed by atoms with E-state index in [4.69, 9.17) is 5.26 Å². The first-order chi connectivity index (χ1) is 11.6. The van der Waals surface area contributed by atoms with Gasteiger partial charge in [0.25, 0.3) is 0 Å². The third-order valence-corrected chi connectivity index (χ3v) is 3.70. The molecule has 1 aliphatic rings. The van der Waals surface area contributed by atoms with Gasteiger partial charge in [-0.25, -0.2) is 4.98 Å². The molecule has 1 amide bonds. The van der Waals surface area contributed by atoms with E-state index in [0.29, 0.717) is 17.9 Å². The second kappa shape index (κ2) is 6.34. The number of rotatable bonds is 4. The number of nitrogens with one attached hydrogen (secondary N) is 1. The first kappa shape index (κ1) is 15.4. The highest BCUT2D eigenvalue weighted by atomic mass is 16.6. The Kier molecular flexibility index (Phi) is 4.07. The van der Waals surface area contributed by atoms with Crippen LogP contribution in [-0.2, 0) is 4.79 Å². The monoisotopic (exact) mass is 323 g/mol. The Hall–Kier alpha value is -3.47. The van der Waals surface area contributed by atoms with Crippen molar-refractivity contribution >= 4 is 28.8 Å². The number of anilines is 3. The van der Waals surface area contributed by atoms with E-state index in [2.05, 4.69) is 10.3 Å². The maximum atomic E-state index is 11.7. The van der Waals surface area contributed by atoms with Gasteiger partial charge in [0.05, 0.1) is 4.92 Å². The van der Waals surface area contributed by atoms with Crippen molar-refractivity contribution in [3.63, 3.8) is 0 Å². The van der Waals surface area contributed by atoms with Gasteiger partial charge in [0.1, 0.15) is 11.9 Å². The topological polar surface area (TPSA) is 112 Å². The minimum Gasteiger partial charge on any atom is -0.340 e. The first-order valence-electron chi connectivity index (χ1n) is 7.31. The lowest BCUT2D eigenvalue weighted by Gasteiger charge is -2.16. The number of carbonyl (C=O) groups is 1. The van der Waals surface area contributed by atoms with E-state index in [0.717, 1.165) is 18.7 Å². The van der Waals surface area contributed by atoms with E-state index in [1.807, 2.05) is 12.1 Å². The summed E-state index contributed by atoms with van der Waals surface area (Å²) in [7, 11) is 0.